The third kappa shape index (κ3) is 2.88. The van der Waals surface area contributed by atoms with Gasteiger partial charge in [-0.05, 0) is 44.7 Å². The summed E-state index contributed by atoms with van der Waals surface area (Å²) in [6.07, 6.45) is 1.84. The van der Waals surface area contributed by atoms with Crippen molar-refractivity contribution < 1.29 is 5.11 Å². The molecule has 94 valence electrons. The molecule has 0 bridgehead atoms. The van der Waals surface area contributed by atoms with E-state index in [1.807, 2.05) is 0 Å². The third-order valence-corrected chi connectivity index (χ3v) is 4.00. The van der Waals surface area contributed by atoms with Gasteiger partial charge in [0.1, 0.15) is 0 Å². The van der Waals surface area contributed by atoms with Crippen LogP contribution >= 0.6 is 0 Å². The highest BCUT2D eigenvalue weighted by Crippen LogP contribution is 2.29. The molecule has 17 heavy (non-hydrogen) atoms. The molecule has 1 atom stereocenters. The van der Waals surface area contributed by atoms with E-state index < -0.39 is 0 Å². The van der Waals surface area contributed by atoms with Gasteiger partial charge in [0.25, 0.3) is 0 Å². The van der Waals surface area contributed by atoms with Gasteiger partial charge >= 0.3 is 0 Å². The predicted molar refractivity (Wildman–Crippen MR) is 70.9 cm³/mol. The molecule has 1 aromatic rings. The van der Waals surface area contributed by atoms with Crippen LogP contribution < -0.4 is 0 Å². The highest BCUT2D eigenvalue weighted by atomic mass is 16.3. The molecule has 1 aliphatic heterocycles. The first-order valence-electron chi connectivity index (χ1n) is 6.47. The Labute approximate surface area is 104 Å². The van der Waals surface area contributed by atoms with E-state index in [4.69, 9.17) is 0 Å². The van der Waals surface area contributed by atoms with Gasteiger partial charge in [0.15, 0.2) is 0 Å². The number of nitrogens with zero attached hydrogens (tertiary/aromatic N) is 1. The summed E-state index contributed by atoms with van der Waals surface area (Å²) >= 11 is 0. The first kappa shape index (κ1) is 12.6. The summed E-state index contributed by atoms with van der Waals surface area (Å²) < 4.78 is 0. The van der Waals surface area contributed by atoms with Gasteiger partial charge in [-0.25, -0.2) is 0 Å². The Morgan fingerprint density at radius 2 is 2.06 bits per heavy atom. The van der Waals surface area contributed by atoms with Crippen LogP contribution in [0.5, 0.6) is 0 Å². The van der Waals surface area contributed by atoms with E-state index in [9.17, 15) is 5.11 Å². The number of β-amino-alcohol motifs (C(OH)–C–C–N with tert-alkyl or cyclic N) is 1. The fraction of sp³-hybridized carbons (Fsp3) is 0.600. The van der Waals surface area contributed by atoms with Crippen molar-refractivity contribution in [2.24, 2.45) is 0 Å². The van der Waals surface area contributed by atoms with Gasteiger partial charge in [-0.2, -0.15) is 0 Å². The first-order chi connectivity index (χ1) is 7.99. The first-order valence-corrected chi connectivity index (χ1v) is 6.47. The van der Waals surface area contributed by atoms with Crippen molar-refractivity contribution >= 4 is 0 Å². The van der Waals surface area contributed by atoms with E-state index in [0.717, 1.165) is 25.9 Å². The molecule has 0 spiro atoms. The highest BCUT2D eigenvalue weighted by Gasteiger charge is 2.33. The molecule has 0 aliphatic carbocycles. The molecule has 1 heterocycles. The number of hydrogen-bond donors (Lipinski definition) is 1. The molecule has 2 nitrogen and oxygen atoms in total. The van der Waals surface area contributed by atoms with E-state index in [2.05, 4.69) is 49.9 Å². The number of aliphatic hydroxyl groups is 1. The third-order valence-electron chi connectivity index (χ3n) is 4.00. The van der Waals surface area contributed by atoms with E-state index >= 15 is 0 Å². The zero-order chi connectivity index (χ0) is 12.5. The van der Waals surface area contributed by atoms with E-state index in [1.165, 1.54) is 11.1 Å². The Morgan fingerprint density at radius 1 is 1.35 bits per heavy atom. The lowest BCUT2D eigenvalue weighted by atomic mass is 9.88. The summed E-state index contributed by atoms with van der Waals surface area (Å²) in [7, 11) is 0. The molecule has 1 saturated heterocycles. The number of hydrogen-bond acceptors (Lipinski definition) is 2. The van der Waals surface area contributed by atoms with Gasteiger partial charge in [-0.1, -0.05) is 24.3 Å². The molecule has 1 aromatic carbocycles. The quantitative estimate of drug-likeness (QED) is 0.849. The van der Waals surface area contributed by atoms with Gasteiger partial charge in [0, 0.05) is 18.6 Å². The fourth-order valence-corrected chi connectivity index (χ4v) is 2.54. The Balaban J connectivity index is 2.14. The van der Waals surface area contributed by atoms with Crippen LogP contribution in [0.4, 0.5) is 0 Å². The van der Waals surface area contributed by atoms with E-state index in [0.29, 0.717) is 0 Å². The molecule has 0 aromatic heterocycles. The van der Waals surface area contributed by atoms with Crippen molar-refractivity contribution in [3.63, 3.8) is 0 Å². The molecule has 2 rings (SSSR count). The number of likely N-dealkylation sites (tertiary alicyclic amines) is 1. The summed E-state index contributed by atoms with van der Waals surface area (Å²) in [6, 6.07) is 8.51. The summed E-state index contributed by atoms with van der Waals surface area (Å²) in [5.41, 5.74) is 2.90. The minimum absolute atomic E-state index is 0.160. The van der Waals surface area contributed by atoms with Crippen LogP contribution in [0, 0.1) is 6.92 Å². The standard InChI is InChI=1S/C15H23NO/c1-12-6-4-5-7-13(12)10-16-11-14(17)8-9-15(16,2)3/h4-7,14,17H,8-11H2,1-3H3. The summed E-state index contributed by atoms with van der Waals surface area (Å²) in [6.45, 7) is 8.44. The van der Waals surface area contributed by atoms with Crippen molar-refractivity contribution in [3.8, 4) is 0 Å². The average Bonchev–Trinajstić information content (AvgIpc) is 2.27. The predicted octanol–water partition coefficient (Wildman–Crippen LogP) is 2.73. The number of piperidine rings is 1. The maximum Gasteiger partial charge on any atom is 0.0668 e. The van der Waals surface area contributed by atoms with Gasteiger partial charge < -0.3 is 5.11 Å². The Morgan fingerprint density at radius 3 is 2.76 bits per heavy atom. The molecule has 0 radical (unpaired) electrons. The monoisotopic (exact) mass is 233 g/mol. The van der Waals surface area contributed by atoms with Crippen molar-refractivity contribution in [2.45, 2.75) is 51.8 Å². The maximum atomic E-state index is 9.82. The molecule has 1 N–H and O–H groups in total. The highest BCUT2D eigenvalue weighted by molar-refractivity contribution is 5.25. The number of rotatable bonds is 2. The van der Waals surface area contributed by atoms with Crippen molar-refractivity contribution in [2.75, 3.05) is 6.54 Å². The van der Waals surface area contributed by atoms with Crippen molar-refractivity contribution in [1.82, 2.24) is 4.90 Å². The minimum Gasteiger partial charge on any atom is -0.392 e. The van der Waals surface area contributed by atoms with Gasteiger partial charge in [0.05, 0.1) is 6.10 Å². The number of benzene rings is 1. The molecule has 0 amide bonds. The normalized spacial score (nSPS) is 24.8. The van der Waals surface area contributed by atoms with Crippen LogP contribution in [0.1, 0.15) is 37.8 Å². The van der Waals surface area contributed by atoms with Crippen molar-refractivity contribution in [3.05, 3.63) is 35.4 Å². The van der Waals surface area contributed by atoms with Gasteiger partial charge in [-0.15, -0.1) is 0 Å². The second kappa shape index (κ2) is 4.79. The van der Waals surface area contributed by atoms with E-state index in [1.54, 1.807) is 0 Å². The second-order valence-corrected chi connectivity index (χ2v) is 5.81. The van der Waals surface area contributed by atoms with Crippen LogP contribution in [0.15, 0.2) is 24.3 Å². The lowest BCUT2D eigenvalue weighted by Crippen LogP contribution is -2.51. The molecular formula is C15H23NO. The lowest BCUT2D eigenvalue weighted by Gasteiger charge is -2.44. The average molecular weight is 233 g/mol. The second-order valence-electron chi connectivity index (χ2n) is 5.81. The Bertz CT molecular complexity index is 386. The SMILES string of the molecule is Cc1ccccc1CN1CC(O)CCC1(C)C. The number of aryl methyl sites for hydroxylation is 1. The molecule has 2 heteroatoms. The van der Waals surface area contributed by atoms with Gasteiger partial charge in [-0.3, -0.25) is 4.90 Å². The summed E-state index contributed by atoms with van der Waals surface area (Å²) in [4.78, 5) is 2.41. The smallest absolute Gasteiger partial charge is 0.0668 e. The van der Waals surface area contributed by atoms with Crippen LogP contribution in [-0.4, -0.2) is 28.2 Å². The molecule has 0 saturated carbocycles. The summed E-state index contributed by atoms with van der Waals surface area (Å²) in [5, 5.41) is 9.82. The van der Waals surface area contributed by atoms with Gasteiger partial charge in [0.2, 0.25) is 0 Å². The molecular weight excluding hydrogens is 210 g/mol. The fourth-order valence-electron chi connectivity index (χ4n) is 2.54. The lowest BCUT2D eigenvalue weighted by molar-refractivity contribution is -0.00969. The molecule has 1 unspecified atom stereocenters. The maximum absolute atomic E-state index is 9.82. The molecule has 1 aliphatic rings. The zero-order valence-electron chi connectivity index (χ0n) is 11.1. The Hall–Kier alpha value is -0.860. The number of aliphatic hydroxyl groups excluding tert-OH is 1. The Kier molecular flexibility index (Phi) is 3.55. The summed E-state index contributed by atoms with van der Waals surface area (Å²) in [5.74, 6) is 0. The van der Waals surface area contributed by atoms with Crippen LogP contribution in [0.3, 0.4) is 0 Å². The minimum atomic E-state index is -0.160. The van der Waals surface area contributed by atoms with E-state index in [-0.39, 0.29) is 11.6 Å². The van der Waals surface area contributed by atoms with Crippen LogP contribution in [-0.2, 0) is 6.54 Å². The van der Waals surface area contributed by atoms with Crippen LogP contribution in [0.2, 0.25) is 0 Å². The molecule has 1 fully saturated rings. The van der Waals surface area contributed by atoms with Crippen molar-refractivity contribution in [1.29, 1.82) is 0 Å². The zero-order valence-corrected chi connectivity index (χ0v) is 11.1. The topological polar surface area (TPSA) is 23.5 Å². The van der Waals surface area contributed by atoms with Crippen LogP contribution in [0.25, 0.3) is 0 Å². The largest absolute Gasteiger partial charge is 0.392 e.